The third-order valence-corrected chi connectivity index (χ3v) is 6.01. The molecule has 10 heteroatoms. The lowest BCUT2D eigenvalue weighted by Gasteiger charge is -2.19. The van der Waals surface area contributed by atoms with Crippen molar-refractivity contribution in [2.45, 2.75) is 32.7 Å². The second-order valence-corrected chi connectivity index (χ2v) is 10.4. The van der Waals surface area contributed by atoms with Crippen molar-refractivity contribution in [3.63, 3.8) is 0 Å². The highest BCUT2D eigenvalue weighted by molar-refractivity contribution is 5.98. The average molecular weight is 535 g/mol. The number of H-pyrrole nitrogens is 1. The Bertz CT molecular complexity index is 1440. The van der Waals surface area contributed by atoms with Crippen LogP contribution in [-0.4, -0.2) is 64.0 Å². The Morgan fingerprint density at radius 1 is 1.08 bits per heavy atom. The van der Waals surface area contributed by atoms with Gasteiger partial charge in [-0.2, -0.15) is 0 Å². The summed E-state index contributed by atoms with van der Waals surface area (Å²) in [4.78, 5) is 36.7. The molecule has 39 heavy (non-hydrogen) atoms. The Morgan fingerprint density at radius 2 is 1.77 bits per heavy atom. The molecule has 0 atom stereocenters. The maximum atomic E-state index is 14.8. The number of nitrogens with two attached hydrogens (primary N) is 1. The number of carboxylic acid groups (broad SMARTS) is 1. The lowest BCUT2D eigenvalue weighted by Crippen LogP contribution is -2.23. The number of benzene rings is 2. The van der Waals surface area contributed by atoms with Crippen LogP contribution in [0.5, 0.6) is 0 Å². The van der Waals surface area contributed by atoms with E-state index in [4.69, 9.17) is 5.73 Å². The Labute approximate surface area is 227 Å². The first-order valence-electron chi connectivity index (χ1n) is 12.5. The zero-order valence-electron chi connectivity index (χ0n) is 22.9. The molecule has 0 saturated carbocycles. The predicted octanol–water partition coefficient (Wildman–Crippen LogP) is 4.20. The molecular formula is C29H35FN6O3. The van der Waals surface area contributed by atoms with E-state index in [1.807, 2.05) is 26.2 Å². The minimum absolute atomic E-state index is 0.00921. The van der Waals surface area contributed by atoms with Gasteiger partial charge in [0.1, 0.15) is 23.5 Å². The van der Waals surface area contributed by atoms with Crippen LogP contribution in [0.3, 0.4) is 0 Å². The van der Waals surface area contributed by atoms with Crippen molar-refractivity contribution < 1.29 is 19.1 Å². The molecule has 4 aromatic rings. The van der Waals surface area contributed by atoms with Gasteiger partial charge in [0.25, 0.3) is 5.91 Å². The van der Waals surface area contributed by atoms with Gasteiger partial charge in [0.15, 0.2) is 0 Å². The van der Waals surface area contributed by atoms with Gasteiger partial charge in [0.2, 0.25) is 0 Å². The highest BCUT2D eigenvalue weighted by atomic mass is 19.1. The second-order valence-electron chi connectivity index (χ2n) is 10.4. The van der Waals surface area contributed by atoms with Crippen molar-refractivity contribution in [1.29, 1.82) is 0 Å². The number of aromatic nitrogens is 3. The maximum absolute atomic E-state index is 14.8. The number of aromatic amines is 1. The van der Waals surface area contributed by atoms with Gasteiger partial charge < -0.3 is 26.0 Å². The number of hydrogen-bond acceptors (Lipinski definition) is 6. The van der Waals surface area contributed by atoms with Crippen LogP contribution in [-0.2, 0) is 12.0 Å². The molecule has 0 radical (unpaired) electrons. The first-order valence-corrected chi connectivity index (χ1v) is 12.5. The maximum Gasteiger partial charge on any atom is 0.352 e. The molecule has 0 unspecified atom stereocenters. The summed E-state index contributed by atoms with van der Waals surface area (Å²) in [5.74, 6) is -1.91. The zero-order valence-corrected chi connectivity index (χ0v) is 22.9. The van der Waals surface area contributed by atoms with Gasteiger partial charge in [-0.1, -0.05) is 45.0 Å². The molecule has 2 heterocycles. The minimum atomic E-state index is -1.12. The molecule has 4 rings (SSSR count). The summed E-state index contributed by atoms with van der Waals surface area (Å²) >= 11 is 0. The number of rotatable bonds is 7. The van der Waals surface area contributed by atoms with E-state index in [-0.39, 0.29) is 23.6 Å². The van der Waals surface area contributed by atoms with Crippen LogP contribution < -0.4 is 11.1 Å². The molecule has 5 N–H and O–H groups in total. The summed E-state index contributed by atoms with van der Waals surface area (Å²) in [6.07, 6.45) is 1.29. The van der Waals surface area contributed by atoms with Gasteiger partial charge in [0, 0.05) is 41.7 Å². The summed E-state index contributed by atoms with van der Waals surface area (Å²) in [6, 6.07) is 13.4. The van der Waals surface area contributed by atoms with Crippen molar-refractivity contribution in [1.82, 2.24) is 25.2 Å². The van der Waals surface area contributed by atoms with E-state index >= 15 is 0 Å². The predicted molar refractivity (Wildman–Crippen MR) is 150 cm³/mol. The van der Waals surface area contributed by atoms with Crippen LogP contribution in [0.15, 0.2) is 54.9 Å². The van der Waals surface area contributed by atoms with Gasteiger partial charge in [-0.25, -0.2) is 19.2 Å². The van der Waals surface area contributed by atoms with Crippen molar-refractivity contribution >= 4 is 22.9 Å². The third kappa shape index (κ3) is 7.68. The molecule has 0 spiro atoms. The number of hydrogen-bond donors (Lipinski definition) is 4. The smallest absolute Gasteiger partial charge is 0.352 e. The molecule has 0 aliphatic heterocycles. The van der Waals surface area contributed by atoms with Crippen LogP contribution in [0.4, 0.5) is 4.39 Å². The van der Waals surface area contributed by atoms with Crippen LogP contribution in [0.1, 0.15) is 52.7 Å². The summed E-state index contributed by atoms with van der Waals surface area (Å²) in [6.45, 7) is 8.07. The highest BCUT2D eigenvalue weighted by Crippen LogP contribution is 2.27. The highest BCUT2D eigenvalue weighted by Gasteiger charge is 2.16. The average Bonchev–Trinajstić information content (AvgIpc) is 3.33. The van der Waals surface area contributed by atoms with Gasteiger partial charge in [-0.05, 0) is 49.3 Å². The van der Waals surface area contributed by atoms with E-state index in [0.717, 1.165) is 18.7 Å². The van der Waals surface area contributed by atoms with Crippen LogP contribution in [0.25, 0.3) is 22.3 Å². The summed E-state index contributed by atoms with van der Waals surface area (Å²) < 4.78 is 14.8. The molecule has 0 fully saturated rings. The van der Waals surface area contributed by atoms with Gasteiger partial charge in [-0.15, -0.1) is 0 Å². The van der Waals surface area contributed by atoms with Crippen LogP contribution >= 0.6 is 0 Å². The summed E-state index contributed by atoms with van der Waals surface area (Å²) in [5, 5.41) is 12.4. The number of nitrogens with zero attached hydrogens (tertiary/aromatic N) is 3. The Kier molecular flexibility index (Phi) is 9.50. The molecule has 0 saturated heterocycles. The van der Waals surface area contributed by atoms with E-state index in [0.29, 0.717) is 33.4 Å². The number of carboxylic acids is 1. The summed E-state index contributed by atoms with van der Waals surface area (Å²) in [5.41, 5.74) is 8.35. The first-order chi connectivity index (χ1) is 18.4. The van der Waals surface area contributed by atoms with Crippen LogP contribution in [0.2, 0.25) is 0 Å². The fourth-order valence-electron chi connectivity index (χ4n) is 3.78. The molecule has 2 aromatic heterocycles. The largest absolute Gasteiger partial charge is 0.477 e. The number of halogens is 1. The number of amides is 1. The summed E-state index contributed by atoms with van der Waals surface area (Å²) in [7, 11) is 4.01. The molecule has 1 amide bonds. The van der Waals surface area contributed by atoms with E-state index in [2.05, 4.69) is 45.9 Å². The molecule has 2 aromatic carbocycles. The normalized spacial score (nSPS) is 11.3. The Morgan fingerprint density at radius 3 is 2.31 bits per heavy atom. The molecular weight excluding hydrogens is 499 g/mol. The first kappa shape index (κ1) is 29.4. The quantitative estimate of drug-likeness (QED) is 0.279. The Hall–Kier alpha value is -4.15. The van der Waals surface area contributed by atoms with E-state index < -0.39 is 11.8 Å². The lowest BCUT2D eigenvalue weighted by molar-refractivity contribution is 0.0691. The van der Waals surface area contributed by atoms with Crippen LogP contribution in [0, 0.1) is 5.82 Å². The van der Waals surface area contributed by atoms with Crippen molar-refractivity contribution in [2.75, 3.05) is 27.2 Å². The van der Waals surface area contributed by atoms with Gasteiger partial charge in [0.05, 0.1) is 5.69 Å². The number of likely N-dealkylation sites (N-methyl/N-ethyl adjacent to an activating group) is 1. The Balaban J connectivity index is 0.000000631. The fourth-order valence-corrected chi connectivity index (χ4v) is 3.78. The second kappa shape index (κ2) is 12.6. The number of aromatic carboxylic acids is 1. The van der Waals surface area contributed by atoms with Crippen molar-refractivity contribution in [3.8, 4) is 11.3 Å². The molecule has 206 valence electrons. The molecule has 0 bridgehead atoms. The SMILES string of the molecule is CC(C)(C)c1ccc(C(=O)NCc2ccc(-c3ncnc4[nH]c(C(=O)O)cc34)cc2F)cc1.CN(C)CCN. The molecule has 0 aliphatic carbocycles. The number of nitrogens with one attached hydrogen (secondary N) is 2. The van der Waals surface area contributed by atoms with Gasteiger partial charge in [-0.3, -0.25) is 4.79 Å². The number of carbonyl (C=O) groups is 2. The molecule has 9 nitrogen and oxygen atoms in total. The monoisotopic (exact) mass is 534 g/mol. The lowest BCUT2D eigenvalue weighted by atomic mass is 9.87. The molecule has 0 aliphatic rings. The topological polar surface area (TPSA) is 137 Å². The van der Waals surface area contributed by atoms with Crippen molar-refractivity contribution in [2.24, 2.45) is 5.73 Å². The number of carbonyl (C=O) groups excluding carboxylic acids is 1. The van der Waals surface area contributed by atoms with E-state index in [9.17, 15) is 19.1 Å². The minimum Gasteiger partial charge on any atom is -0.477 e. The van der Waals surface area contributed by atoms with E-state index in [1.165, 1.54) is 18.5 Å². The van der Waals surface area contributed by atoms with Gasteiger partial charge >= 0.3 is 5.97 Å². The third-order valence-electron chi connectivity index (χ3n) is 6.01. The number of fused-ring (bicyclic) bond motifs is 1. The van der Waals surface area contributed by atoms with Crippen molar-refractivity contribution in [3.05, 3.63) is 83.1 Å². The standard InChI is InChI=1S/C25H23FN4O3.C4H12N2/c1-25(2,3)17-8-6-14(7-9-17)23(31)27-12-16-5-4-15(10-19(16)26)21-18-11-20(24(32)33)30-22(18)29-13-28-21;1-6(2)4-3-5/h4-11,13H,12H2,1-3H3,(H,27,31)(H,32,33)(H,28,29,30);3-5H2,1-2H3. The van der Waals surface area contributed by atoms with E-state index in [1.54, 1.807) is 24.3 Å². The zero-order chi connectivity index (χ0) is 28.7. The fraction of sp³-hybridized carbons (Fsp3) is 0.310.